The van der Waals surface area contributed by atoms with Gasteiger partial charge in [0.05, 0.1) is 0 Å². The van der Waals surface area contributed by atoms with E-state index in [9.17, 15) is 9.59 Å². The van der Waals surface area contributed by atoms with E-state index in [-0.39, 0.29) is 12.5 Å². The first-order valence-corrected chi connectivity index (χ1v) is 6.27. The first-order chi connectivity index (χ1) is 10.0. The number of rotatable bonds is 4. The van der Waals surface area contributed by atoms with Gasteiger partial charge in [-0.1, -0.05) is 12.1 Å². The van der Waals surface area contributed by atoms with E-state index < -0.39 is 6.09 Å². The normalized spacial score (nSPS) is 9.90. The van der Waals surface area contributed by atoms with E-state index >= 15 is 0 Å². The molecule has 0 radical (unpaired) electrons. The molecule has 0 saturated carbocycles. The Morgan fingerprint density at radius 3 is 2.19 bits per heavy atom. The summed E-state index contributed by atoms with van der Waals surface area (Å²) in [5, 5.41) is 13.5. The van der Waals surface area contributed by atoms with Crippen LogP contribution in [0.4, 0.5) is 16.2 Å². The Bertz CT molecular complexity index is 636. The zero-order chi connectivity index (χ0) is 15.2. The second kappa shape index (κ2) is 6.42. The Balaban J connectivity index is 1.99. The lowest BCUT2D eigenvalue weighted by Gasteiger charge is -2.07. The predicted molar refractivity (Wildman–Crippen MR) is 80.1 cm³/mol. The number of hydrogen-bond donors (Lipinski definition) is 4. The summed E-state index contributed by atoms with van der Waals surface area (Å²) in [7, 11) is 0. The molecule has 6 heteroatoms. The Kier molecular flexibility index (Phi) is 4.40. The van der Waals surface area contributed by atoms with Gasteiger partial charge < -0.3 is 21.5 Å². The number of nitrogen functional groups attached to an aromatic ring is 1. The topological polar surface area (TPSA) is 104 Å². The molecule has 0 unspecified atom stereocenters. The molecule has 108 valence electrons. The maximum atomic E-state index is 12.0. The third-order valence-corrected chi connectivity index (χ3v) is 2.83. The van der Waals surface area contributed by atoms with Gasteiger partial charge in [0.25, 0.3) is 5.91 Å². The quantitative estimate of drug-likeness (QED) is 0.647. The van der Waals surface area contributed by atoms with Crippen LogP contribution in [0.15, 0.2) is 48.5 Å². The summed E-state index contributed by atoms with van der Waals surface area (Å²) in [6.07, 6.45) is -1.08. The monoisotopic (exact) mass is 285 g/mol. The second-order valence-electron chi connectivity index (χ2n) is 4.43. The second-order valence-corrected chi connectivity index (χ2v) is 4.43. The van der Waals surface area contributed by atoms with E-state index in [1.165, 1.54) is 0 Å². The molecule has 0 aliphatic rings. The molecule has 0 saturated heterocycles. The maximum Gasteiger partial charge on any atom is 0.404 e. The molecule has 0 aromatic heterocycles. The van der Waals surface area contributed by atoms with Crippen LogP contribution < -0.4 is 16.4 Å². The van der Waals surface area contributed by atoms with Crippen LogP contribution in [0.25, 0.3) is 0 Å². The molecular weight excluding hydrogens is 270 g/mol. The van der Waals surface area contributed by atoms with E-state index in [1.54, 1.807) is 48.5 Å². The highest BCUT2D eigenvalue weighted by Crippen LogP contribution is 2.12. The number of anilines is 2. The average Bonchev–Trinajstić information content (AvgIpc) is 2.48. The molecule has 0 heterocycles. The van der Waals surface area contributed by atoms with Gasteiger partial charge in [0.1, 0.15) is 0 Å². The van der Waals surface area contributed by atoms with Crippen LogP contribution in [0, 0.1) is 0 Å². The molecule has 0 atom stereocenters. The number of amides is 2. The molecule has 0 spiro atoms. The number of carbonyl (C=O) groups is 2. The largest absolute Gasteiger partial charge is 0.465 e. The van der Waals surface area contributed by atoms with Gasteiger partial charge in [-0.2, -0.15) is 0 Å². The standard InChI is InChI=1S/C15H15N3O3/c16-12-5-7-13(8-6-12)18-14(19)11-3-1-10(2-4-11)9-17-15(20)21/h1-8,17H,9,16H2,(H,18,19)(H,20,21). The van der Waals surface area contributed by atoms with Crippen LogP contribution >= 0.6 is 0 Å². The molecule has 2 amide bonds. The minimum absolute atomic E-state index is 0.204. The summed E-state index contributed by atoms with van der Waals surface area (Å²) < 4.78 is 0. The van der Waals surface area contributed by atoms with Crippen molar-refractivity contribution in [2.75, 3.05) is 11.1 Å². The van der Waals surface area contributed by atoms with Crippen molar-refractivity contribution in [1.29, 1.82) is 0 Å². The summed E-state index contributed by atoms with van der Waals surface area (Å²) >= 11 is 0. The summed E-state index contributed by atoms with van der Waals surface area (Å²) in [6.45, 7) is 0.204. The smallest absolute Gasteiger partial charge is 0.404 e. The molecule has 5 N–H and O–H groups in total. The van der Waals surface area contributed by atoms with Crippen LogP contribution in [0.5, 0.6) is 0 Å². The molecule has 2 aromatic rings. The van der Waals surface area contributed by atoms with Crippen molar-refractivity contribution in [2.45, 2.75) is 6.54 Å². The maximum absolute atomic E-state index is 12.0. The lowest BCUT2D eigenvalue weighted by Crippen LogP contribution is -2.20. The van der Waals surface area contributed by atoms with Crippen LogP contribution in [0.3, 0.4) is 0 Å². The number of hydrogen-bond acceptors (Lipinski definition) is 3. The average molecular weight is 285 g/mol. The van der Waals surface area contributed by atoms with Gasteiger partial charge in [-0.3, -0.25) is 4.79 Å². The molecule has 2 rings (SSSR count). The van der Waals surface area contributed by atoms with Crippen molar-refractivity contribution in [1.82, 2.24) is 5.32 Å². The van der Waals surface area contributed by atoms with Crippen molar-refractivity contribution in [3.05, 3.63) is 59.7 Å². The molecule has 21 heavy (non-hydrogen) atoms. The SMILES string of the molecule is Nc1ccc(NC(=O)c2ccc(CNC(=O)O)cc2)cc1. The number of benzene rings is 2. The van der Waals surface area contributed by atoms with Crippen LogP contribution in [0.2, 0.25) is 0 Å². The van der Waals surface area contributed by atoms with E-state index in [0.717, 1.165) is 5.56 Å². The number of carbonyl (C=O) groups excluding carboxylic acids is 1. The van der Waals surface area contributed by atoms with E-state index in [0.29, 0.717) is 16.9 Å². The van der Waals surface area contributed by atoms with Gasteiger partial charge in [-0.05, 0) is 42.0 Å². The lowest BCUT2D eigenvalue weighted by molar-refractivity contribution is 0.102. The summed E-state index contributed by atoms with van der Waals surface area (Å²) in [6, 6.07) is 13.5. The highest BCUT2D eigenvalue weighted by atomic mass is 16.4. The molecule has 0 aliphatic heterocycles. The van der Waals surface area contributed by atoms with Gasteiger partial charge in [0.15, 0.2) is 0 Å². The van der Waals surface area contributed by atoms with Crippen molar-refractivity contribution in [2.24, 2.45) is 0 Å². The summed E-state index contributed by atoms with van der Waals surface area (Å²) in [4.78, 5) is 22.4. The highest BCUT2D eigenvalue weighted by molar-refractivity contribution is 6.04. The molecule has 6 nitrogen and oxygen atoms in total. The lowest BCUT2D eigenvalue weighted by atomic mass is 10.1. The molecular formula is C15H15N3O3. The van der Waals surface area contributed by atoms with Crippen molar-refractivity contribution in [3.8, 4) is 0 Å². The van der Waals surface area contributed by atoms with Crippen molar-refractivity contribution in [3.63, 3.8) is 0 Å². The Morgan fingerprint density at radius 2 is 1.62 bits per heavy atom. The molecule has 0 aliphatic carbocycles. The molecule has 0 bridgehead atoms. The van der Waals surface area contributed by atoms with Gasteiger partial charge in [-0.25, -0.2) is 4.79 Å². The first-order valence-electron chi connectivity index (χ1n) is 6.27. The Morgan fingerprint density at radius 1 is 1.00 bits per heavy atom. The fraction of sp³-hybridized carbons (Fsp3) is 0.0667. The van der Waals surface area contributed by atoms with Gasteiger partial charge >= 0.3 is 6.09 Å². The fourth-order valence-corrected chi connectivity index (χ4v) is 1.72. The van der Waals surface area contributed by atoms with Crippen LogP contribution in [-0.2, 0) is 6.54 Å². The third-order valence-electron chi connectivity index (χ3n) is 2.83. The zero-order valence-electron chi connectivity index (χ0n) is 11.2. The van der Waals surface area contributed by atoms with E-state index in [4.69, 9.17) is 10.8 Å². The summed E-state index contributed by atoms with van der Waals surface area (Å²) in [5.41, 5.74) is 8.13. The number of carboxylic acid groups (broad SMARTS) is 1. The summed E-state index contributed by atoms with van der Waals surface area (Å²) in [5.74, 6) is -0.238. The van der Waals surface area contributed by atoms with Crippen LogP contribution in [0.1, 0.15) is 15.9 Å². The van der Waals surface area contributed by atoms with Crippen molar-refractivity contribution >= 4 is 23.4 Å². The third kappa shape index (κ3) is 4.24. The highest BCUT2D eigenvalue weighted by Gasteiger charge is 2.06. The molecule has 0 fully saturated rings. The van der Waals surface area contributed by atoms with E-state index in [2.05, 4.69) is 10.6 Å². The minimum atomic E-state index is -1.08. The van der Waals surface area contributed by atoms with Gasteiger partial charge in [0, 0.05) is 23.5 Å². The predicted octanol–water partition coefficient (Wildman–Crippen LogP) is 2.29. The fourth-order valence-electron chi connectivity index (χ4n) is 1.72. The van der Waals surface area contributed by atoms with Gasteiger partial charge in [-0.15, -0.1) is 0 Å². The number of nitrogens with two attached hydrogens (primary N) is 1. The van der Waals surface area contributed by atoms with E-state index in [1.807, 2.05) is 0 Å². The number of nitrogens with one attached hydrogen (secondary N) is 2. The zero-order valence-corrected chi connectivity index (χ0v) is 11.2. The van der Waals surface area contributed by atoms with Crippen LogP contribution in [-0.4, -0.2) is 17.1 Å². The van der Waals surface area contributed by atoms with Crippen molar-refractivity contribution < 1.29 is 14.7 Å². The minimum Gasteiger partial charge on any atom is -0.465 e. The van der Waals surface area contributed by atoms with Gasteiger partial charge in [0.2, 0.25) is 0 Å². The Hall–Kier alpha value is -3.02. The first kappa shape index (κ1) is 14.4. The Labute approximate surface area is 121 Å². The molecule has 2 aromatic carbocycles.